The van der Waals surface area contributed by atoms with Gasteiger partial charge in [-0.25, -0.2) is 4.98 Å². The van der Waals surface area contributed by atoms with Crippen LogP contribution in [0.25, 0.3) is 10.9 Å². The van der Waals surface area contributed by atoms with Gasteiger partial charge in [0.1, 0.15) is 4.60 Å². The summed E-state index contributed by atoms with van der Waals surface area (Å²) in [7, 11) is 0. The highest BCUT2D eigenvalue weighted by atomic mass is 79.9. The van der Waals surface area contributed by atoms with Crippen LogP contribution in [-0.4, -0.2) is 10.8 Å². The van der Waals surface area contributed by atoms with Gasteiger partial charge in [0.15, 0.2) is 5.78 Å². The van der Waals surface area contributed by atoms with E-state index in [1.54, 1.807) is 24.3 Å². The van der Waals surface area contributed by atoms with E-state index in [0.717, 1.165) is 10.9 Å². The molecule has 0 radical (unpaired) electrons. The molecule has 2 aromatic carbocycles. The van der Waals surface area contributed by atoms with Crippen LogP contribution in [0.5, 0.6) is 0 Å². The fourth-order valence-corrected chi connectivity index (χ4v) is 2.69. The highest BCUT2D eigenvalue weighted by Crippen LogP contribution is 2.25. The fraction of sp³-hybridized carbons (Fsp3) is 0. The summed E-state index contributed by atoms with van der Waals surface area (Å²) in [5, 5.41) is 1.47. The van der Waals surface area contributed by atoms with Gasteiger partial charge in [0.05, 0.1) is 11.1 Å². The van der Waals surface area contributed by atoms with Crippen molar-refractivity contribution in [1.29, 1.82) is 0 Å². The molecule has 20 heavy (non-hydrogen) atoms. The Morgan fingerprint density at radius 2 is 1.80 bits per heavy atom. The molecule has 98 valence electrons. The minimum Gasteiger partial charge on any atom is -0.289 e. The molecule has 0 unspecified atom stereocenters. The third kappa shape index (κ3) is 2.47. The average Bonchev–Trinajstić information content (AvgIpc) is 2.47. The Bertz CT molecular complexity index is 802. The van der Waals surface area contributed by atoms with Crippen molar-refractivity contribution in [1.82, 2.24) is 4.98 Å². The van der Waals surface area contributed by atoms with Crippen molar-refractivity contribution >= 4 is 44.2 Å². The Kier molecular flexibility index (Phi) is 3.55. The average molecular weight is 347 g/mol. The molecule has 0 aliphatic heterocycles. The van der Waals surface area contributed by atoms with E-state index in [-0.39, 0.29) is 5.78 Å². The summed E-state index contributed by atoms with van der Waals surface area (Å²) >= 11 is 9.35. The number of hydrogen-bond acceptors (Lipinski definition) is 2. The normalized spacial score (nSPS) is 10.7. The number of benzene rings is 2. The number of rotatable bonds is 2. The first-order valence-corrected chi connectivity index (χ1v) is 7.18. The molecular weight excluding hydrogens is 338 g/mol. The third-order valence-electron chi connectivity index (χ3n) is 3.01. The monoisotopic (exact) mass is 345 g/mol. The van der Waals surface area contributed by atoms with Gasteiger partial charge in [-0.1, -0.05) is 41.9 Å². The van der Waals surface area contributed by atoms with Crippen molar-refractivity contribution < 1.29 is 4.79 Å². The first-order chi connectivity index (χ1) is 9.65. The summed E-state index contributed by atoms with van der Waals surface area (Å²) in [6.07, 6.45) is 0. The lowest BCUT2D eigenvalue weighted by molar-refractivity contribution is 0.103. The van der Waals surface area contributed by atoms with Crippen LogP contribution < -0.4 is 0 Å². The SMILES string of the molecule is O=C(c1ccccc1)c1cc2cc(Cl)ccc2nc1Br. The van der Waals surface area contributed by atoms with Gasteiger partial charge in [-0.2, -0.15) is 0 Å². The predicted molar refractivity (Wildman–Crippen MR) is 84.3 cm³/mol. The van der Waals surface area contributed by atoms with Gasteiger partial charge in [0, 0.05) is 16.0 Å². The van der Waals surface area contributed by atoms with E-state index in [1.807, 2.05) is 30.3 Å². The Labute approximate surface area is 129 Å². The number of nitrogens with zero attached hydrogens (tertiary/aromatic N) is 1. The van der Waals surface area contributed by atoms with Gasteiger partial charge in [-0.05, 0) is 40.2 Å². The Balaban J connectivity index is 2.16. The van der Waals surface area contributed by atoms with Crippen molar-refractivity contribution in [3.63, 3.8) is 0 Å². The molecule has 1 aromatic heterocycles. The Hall–Kier alpha value is -1.71. The van der Waals surface area contributed by atoms with Gasteiger partial charge < -0.3 is 0 Å². The second-order valence-electron chi connectivity index (χ2n) is 4.36. The van der Waals surface area contributed by atoms with Gasteiger partial charge in [0.2, 0.25) is 0 Å². The lowest BCUT2D eigenvalue weighted by atomic mass is 10.0. The largest absolute Gasteiger partial charge is 0.289 e. The van der Waals surface area contributed by atoms with Crippen LogP contribution in [0.2, 0.25) is 5.02 Å². The third-order valence-corrected chi connectivity index (χ3v) is 3.85. The van der Waals surface area contributed by atoms with Crippen LogP contribution in [0.15, 0.2) is 59.2 Å². The molecule has 0 N–H and O–H groups in total. The highest BCUT2D eigenvalue weighted by molar-refractivity contribution is 9.10. The van der Waals surface area contributed by atoms with E-state index in [0.29, 0.717) is 20.8 Å². The molecule has 0 fully saturated rings. The molecule has 2 nitrogen and oxygen atoms in total. The van der Waals surface area contributed by atoms with E-state index in [2.05, 4.69) is 20.9 Å². The second kappa shape index (κ2) is 5.35. The van der Waals surface area contributed by atoms with Crippen molar-refractivity contribution in [3.05, 3.63) is 75.4 Å². The molecule has 3 rings (SSSR count). The van der Waals surface area contributed by atoms with E-state index < -0.39 is 0 Å². The molecule has 0 saturated carbocycles. The topological polar surface area (TPSA) is 30.0 Å². The predicted octanol–water partition coefficient (Wildman–Crippen LogP) is 4.88. The number of fused-ring (bicyclic) bond motifs is 1. The molecule has 0 saturated heterocycles. The van der Waals surface area contributed by atoms with Crippen LogP contribution in [0.3, 0.4) is 0 Å². The van der Waals surface area contributed by atoms with E-state index >= 15 is 0 Å². The number of carbonyl (C=O) groups is 1. The Morgan fingerprint density at radius 1 is 1.05 bits per heavy atom. The maximum absolute atomic E-state index is 12.5. The van der Waals surface area contributed by atoms with Crippen molar-refractivity contribution in [3.8, 4) is 0 Å². The molecule has 0 spiro atoms. The molecule has 3 aromatic rings. The van der Waals surface area contributed by atoms with Gasteiger partial charge in [0.25, 0.3) is 0 Å². The van der Waals surface area contributed by atoms with E-state index in [4.69, 9.17) is 11.6 Å². The number of hydrogen-bond donors (Lipinski definition) is 0. The first-order valence-electron chi connectivity index (χ1n) is 6.01. The zero-order chi connectivity index (χ0) is 14.1. The molecule has 4 heteroatoms. The maximum Gasteiger partial charge on any atom is 0.195 e. The van der Waals surface area contributed by atoms with Crippen molar-refractivity contribution in [2.24, 2.45) is 0 Å². The van der Waals surface area contributed by atoms with Crippen molar-refractivity contribution in [2.45, 2.75) is 0 Å². The smallest absolute Gasteiger partial charge is 0.195 e. The lowest BCUT2D eigenvalue weighted by Gasteiger charge is -2.06. The molecule has 0 aliphatic rings. The minimum atomic E-state index is -0.0631. The second-order valence-corrected chi connectivity index (χ2v) is 5.55. The summed E-state index contributed by atoms with van der Waals surface area (Å²) in [5.41, 5.74) is 1.97. The number of pyridine rings is 1. The van der Waals surface area contributed by atoms with Crippen LogP contribution in [-0.2, 0) is 0 Å². The number of ketones is 1. The molecule has 0 amide bonds. The highest BCUT2D eigenvalue weighted by Gasteiger charge is 2.14. The maximum atomic E-state index is 12.5. The zero-order valence-corrected chi connectivity index (χ0v) is 12.6. The summed E-state index contributed by atoms with van der Waals surface area (Å²) in [6, 6.07) is 16.4. The van der Waals surface area contributed by atoms with Crippen LogP contribution >= 0.6 is 27.5 Å². The summed E-state index contributed by atoms with van der Waals surface area (Å²) in [5.74, 6) is -0.0631. The van der Waals surface area contributed by atoms with E-state index in [1.165, 1.54) is 0 Å². The number of halogens is 2. The summed E-state index contributed by atoms with van der Waals surface area (Å²) in [6.45, 7) is 0. The summed E-state index contributed by atoms with van der Waals surface area (Å²) < 4.78 is 0.543. The molecular formula is C16H9BrClNO. The molecule has 0 atom stereocenters. The van der Waals surface area contributed by atoms with Crippen LogP contribution in [0.4, 0.5) is 0 Å². The summed E-state index contributed by atoms with van der Waals surface area (Å²) in [4.78, 5) is 16.9. The number of carbonyl (C=O) groups excluding carboxylic acids is 1. The minimum absolute atomic E-state index is 0.0631. The lowest BCUT2D eigenvalue weighted by Crippen LogP contribution is -2.03. The standard InChI is InChI=1S/C16H9BrClNO/c17-16-13(15(20)10-4-2-1-3-5-10)9-11-8-12(18)6-7-14(11)19-16/h1-9H. The first kappa shape index (κ1) is 13.3. The molecule has 1 heterocycles. The van der Waals surface area contributed by atoms with Crippen molar-refractivity contribution in [2.75, 3.05) is 0 Å². The Morgan fingerprint density at radius 3 is 2.55 bits per heavy atom. The zero-order valence-electron chi connectivity index (χ0n) is 10.3. The fourth-order valence-electron chi connectivity index (χ4n) is 2.03. The molecule has 0 aliphatic carbocycles. The quantitative estimate of drug-likeness (QED) is 0.489. The molecule has 0 bridgehead atoms. The number of aromatic nitrogens is 1. The van der Waals surface area contributed by atoms with Crippen LogP contribution in [0.1, 0.15) is 15.9 Å². The van der Waals surface area contributed by atoms with Gasteiger partial charge >= 0.3 is 0 Å². The van der Waals surface area contributed by atoms with Gasteiger partial charge in [-0.3, -0.25) is 4.79 Å². The van der Waals surface area contributed by atoms with Gasteiger partial charge in [-0.15, -0.1) is 0 Å². The van der Waals surface area contributed by atoms with Crippen LogP contribution in [0, 0.1) is 0 Å². The van der Waals surface area contributed by atoms with E-state index in [9.17, 15) is 4.79 Å².